The number of benzene rings is 2. The Morgan fingerprint density at radius 1 is 1.11 bits per heavy atom. The van der Waals surface area contributed by atoms with Crippen LogP contribution < -0.4 is 14.6 Å². The predicted molar refractivity (Wildman–Crippen MR) is 120 cm³/mol. The van der Waals surface area contributed by atoms with Gasteiger partial charge in [-0.15, -0.1) is 0 Å². The van der Waals surface area contributed by atoms with E-state index >= 15 is 0 Å². The number of rotatable bonds is 6. The Morgan fingerprint density at radius 3 is 2.37 bits per heavy atom. The van der Waals surface area contributed by atoms with E-state index in [1.54, 1.807) is 17.0 Å². The molecule has 188 valence electrons. The van der Waals surface area contributed by atoms with Gasteiger partial charge in [-0.1, -0.05) is 6.92 Å². The van der Waals surface area contributed by atoms with Gasteiger partial charge in [-0.05, 0) is 36.4 Å². The molecule has 1 fully saturated rings. The van der Waals surface area contributed by atoms with Crippen molar-refractivity contribution in [2.45, 2.75) is 44.5 Å². The highest BCUT2D eigenvalue weighted by Gasteiger charge is 2.48. The summed E-state index contributed by atoms with van der Waals surface area (Å²) in [6.07, 6.45) is -4.18. The zero-order chi connectivity index (χ0) is 25.3. The summed E-state index contributed by atoms with van der Waals surface area (Å²) >= 11 is 0. The Morgan fingerprint density at radius 2 is 1.77 bits per heavy atom. The van der Waals surface area contributed by atoms with E-state index in [1.807, 2.05) is 0 Å². The van der Waals surface area contributed by atoms with Gasteiger partial charge >= 0.3 is 12.1 Å². The monoisotopic (exact) mass is 497 g/mol. The molecule has 0 aliphatic carbocycles. The molecule has 35 heavy (non-hydrogen) atoms. The van der Waals surface area contributed by atoms with Crippen molar-refractivity contribution in [1.29, 1.82) is 0 Å². The molecule has 4 rings (SSSR count). The molecule has 2 heterocycles. The number of halogens is 5. The number of carbonyl (C=O) groups is 1. The first-order chi connectivity index (χ1) is 16.5. The van der Waals surface area contributed by atoms with Gasteiger partial charge in [0.2, 0.25) is 0 Å². The zero-order valence-electron chi connectivity index (χ0n) is 18.8. The van der Waals surface area contributed by atoms with Crippen molar-refractivity contribution in [2.75, 3.05) is 23.0 Å². The number of ether oxygens (including phenoxy) is 1. The number of nitrogens with zero attached hydrogens (tertiary/aromatic N) is 3. The average molecular weight is 497 g/mol. The molecule has 2 aliphatic rings. The predicted octanol–water partition coefficient (Wildman–Crippen LogP) is 5.23. The number of hydrazone groups is 1. The van der Waals surface area contributed by atoms with Crippen molar-refractivity contribution in [2.24, 2.45) is 11.0 Å². The van der Waals surface area contributed by atoms with Crippen molar-refractivity contribution in [3.8, 4) is 5.75 Å². The maximum absolute atomic E-state index is 14.0. The molecule has 0 spiro atoms. The fraction of sp³-hybridized carbons (Fsp3) is 0.417. The maximum Gasteiger partial charge on any atom is 0.431 e. The van der Waals surface area contributed by atoms with Crippen molar-refractivity contribution in [3.63, 3.8) is 0 Å². The Kier molecular flexibility index (Phi) is 6.86. The number of hydrogen-bond donors (Lipinski definition) is 1. The highest BCUT2D eigenvalue weighted by atomic mass is 19.4. The van der Waals surface area contributed by atoms with Crippen LogP contribution in [-0.2, 0) is 4.79 Å². The van der Waals surface area contributed by atoms with Crippen LogP contribution in [0.5, 0.6) is 5.75 Å². The van der Waals surface area contributed by atoms with Gasteiger partial charge in [0.05, 0.1) is 23.8 Å². The number of anilines is 2. The summed E-state index contributed by atoms with van der Waals surface area (Å²) in [7, 11) is 0. The smallest absolute Gasteiger partial charge is 0.431 e. The number of carboxylic acid groups (broad SMARTS) is 1. The summed E-state index contributed by atoms with van der Waals surface area (Å²) in [5.74, 6) is -2.82. The quantitative estimate of drug-likeness (QED) is 0.554. The molecule has 2 aliphatic heterocycles. The van der Waals surface area contributed by atoms with E-state index in [1.165, 1.54) is 25.1 Å². The Bertz CT molecular complexity index is 1100. The van der Waals surface area contributed by atoms with Gasteiger partial charge in [-0.2, -0.15) is 18.3 Å². The SMILES string of the molecule is C[C@@H]1C(C(F)(F)F)=NN(c2ccc(OC3CCN(c4cc(F)ccc4F)CC3)cc2)[C@H]1CC(=O)O. The minimum Gasteiger partial charge on any atom is -0.490 e. The van der Waals surface area contributed by atoms with Gasteiger partial charge in [0.1, 0.15) is 29.2 Å². The van der Waals surface area contributed by atoms with Crippen LogP contribution in [0, 0.1) is 17.6 Å². The Labute approximate surface area is 198 Å². The lowest BCUT2D eigenvalue weighted by Gasteiger charge is -2.34. The minimum absolute atomic E-state index is 0.171. The first-order valence-electron chi connectivity index (χ1n) is 11.2. The third-order valence-corrected chi connectivity index (χ3v) is 6.31. The molecule has 0 unspecified atom stereocenters. The first-order valence-corrected chi connectivity index (χ1v) is 11.2. The summed E-state index contributed by atoms with van der Waals surface area (Å²) in [6, 6.07) is 8.63. The fourth-order valence-electron chi connectivity index (χ4n) is 4.49. The van der Waals surface area contributed by atoms with Crippen LogP contribution in [0.25, 0.3) is 0 Å². The van der Waals surface area contributed by atoms with Gasteiger partial charge < -0.3 is 14.7 Å². The van der Waals surface area contributed by atoms with Crippen LogP contribution in [0.15, 0.2) is 47.6 Å². The van der Waals surface area contributed by atoms with Crippen molar-refractivity contribution >= 4 is 23.1 Å². The Balaban J connectivity index is 1.41. The van der Waals surface area contributed by atoms with Gasteiger partial charge in [-0.3, -0.25) is 9.80 Å². The molecule has 0 amide bonds. The molecular formula is C24H24F5N3O3. The minimum atomic E-state index is -4.66. The third kappa shape index (κ3) is 5.49. The average Bonchev–Trinajstić information content (AvgIpc) is 3.12. The van der Waals surface area contributed by atoms with Gasteiger partial charge in [0.25, 0.3) is 0 Å². The highest BCUT2D eigenvalue weighted by molar-refractivity contribution is 5.95. The standard InChI is InChI=1S/C24H24F5N3O3/c1-14-20(13-22(33)34)32(30-23(14)24(27,28)29)16-3-5-17(6-4-16)35-18-8-10-31(11-9-18)21-12-15(25)2-7-19(21)26/h2-7,12,14,18,20H,8-11,13H2,1H3,(H,33,34)/t14-,20-/m0/s1. The second-order valence-electron chi connectivity index (χ2n) is 8.68. The second kappa shape index (κ2) is 9.71. The van der Waals surface area contributed by atoms with E-state index < -0.39 is 47.9 Å². The number of piperidine rings is 1. The molecule has 0 radical (unpaired) electrons. The van der Waals surface area contributed by atoms with Gasteiger partial charge in [0, 0.05) is 37.9 Å². The molecule has 2 atom stereocenters. The number of alkyl halides is 3. The molecular weight excluding hydrogens is 473 g/mol. The molecule has 1 saturated heterocycles. The van der Waals surface area contributed by atoms with E-state index in [-0.39, 0.29) is 11.8 Å². The molecule has 11 heteroatoms. The summed E-state index contributed by atoms with van der Waals surface area (Å²) in [6.45, 7) is 2.26. The van der Waals surface area contributed by atoms with Crippen LogP contribution in [0.3, 0.4) is 0 Å². The lowest BCUT2D eigenvalue weighted by Crippen LogP contribution is -2.38. The molecule has 0 bridgehead atoms. The van der Waals surface area contributed by atoms with Gasteiger partial charge in [0.15, 0.2) is 0 Å². The van der Waals surface area contributed by atoms with Crippen LogP contribution >= 0.6 is 0 Å². The highest BCUT2D eigenvalue weighted by Crippen LogP contribution is 2.37. The van der Waals surface area contributed by atoms with Crippen molar-refractivity contribution in [1.82, 2.24) is 0 Å². The molecule has 0 saturated carbocycles. The summed E-state index contributed by atoms with van der Waals surface area (Å²) < 4.78 is 73.5. The molecule has 1 N–H and O–H groups in total. The molecule has 2 aromatic carbocycles. The van der Waals surface area contributed by atoms with E-state index in [0.717, 1.165) is 17.1 Å². The number of aliphatic carboxylic acids is 1. The number of carboxylic acids is 1. The van der Waals surface area contributed by atoms with Crippen molar-refractivity contribution < 1.29 is 36.6 Å². The fourth-order valence-corrected chi connectivity index (χ4v) is 4.49. The molecule has 6 nitrogen and oxygen atoms in total. The van der Waals surface area contributed by atoms with Crippen LogP contribution in [0.1, 0.15) is 26.2 Å². The van der Waals surface area contributed by atoms with E-state index in [9.17, 15) is 31.9 Å². The normalized spacial score (nSPS) is 21.3. The van der Waals surface area contributed by atoms with Crippen LogP contribution in [-0.4, -0.2) is 48.2 Å². The van der Waals surface area contributed by atoms with E-state index in [2.05, 4.69) is 5.10 Å². The van der Waals surface area contributed by atoms with Crippen molar-refractivity contribution in [3.05, 3.63) is 54.1 Å². The Hall–Kier alpha value is -3.37. The number of hydrogen-bond acceptors (Lipinski definition) is 5. The van der Waals surface area contributed by atoms with Gasteiger partial charge in [-0.25, -0.2) is 8.78 Å². The van der Waals surface area contributed by atoms with Crippen LogP contribution in [0.4, 0.5) is 33.3 Å². The summed E-state index contributed by atoms with van der Waals surface area (Å²) in [4.78, 5) is 13.0. The molecule has 2 aromatic rings. The first kappa shape index (κ1) is 24.7. The topological polar surface area (TPSA) is 65.4 Å². The second-order valence-corrected chi connectivity index (χ2v) is 8.68. The summed E-state index contributed by atoms with van der Waals surface area (Å²) in [5, 5.41) is 14.0. The molecule has 0 aromatic heterocycles. The zero-order valence-corrected chi connectivity index (χ0v) is 18.8. The van der Waals surface area contributed by atoms with E-state index in [4.69, 9.17) is 4.74 Å². The lowest BCUT2D eigenvalue weighted by atomic mass is 9.94. The van der Waals surface area contributed by atoms with Crippen LogP contribution in [0.2, 0.25) is 0 Å². The van der Waals surface area contributed by atoms with E-state index in [0.29, 0.717) is 37.4 Å². The lowest BCUT2D eigenvalue weighted by molar-refractivity contribution is -0.137. The maximum atomic E-state index is 14.0. The third-order valence-electron chi connectivity index (χ3n) is 6.31. The largest absolute Gasteiger partial charge is 0.490 e. The summed E-state index contributed by atoms with van der Waals surface area (Å²) in [5.41, 5.74) is -0.473.